The van der Waals surface area contributed by atoms with Crippen molar-refractivity contribution in [1.29, 1.82) is 0 Å². The molecule has 2 atom stereocenters. The van der Waals surface area contributed by atoms with Crippen molar-refractivity contribution in [3.05, 3.63) is 29.3 Å². The Morgan fingerprint density at radius 1 is 1.20 bits per heavy atom. The summed E-state index contributed by atoms with van der Waals surface area (Å²) in [7, 11) is -3.07. The highest BCUT2D eigenvalue weighted by Crippen LogP contribution is 2.24. The minimum atomic E-state index is -3.07. The van der Waals surface area contributed by atoms with Gasteiger partial charge in [-0.1, -0.05) is 11.6 Å². The molecule has 0 saturated carbocycles. The number of thioether (sulfide) groups is 1. The number of nitrogens with one attached hydrogen (secondary N) is 1. The first-order chi connectivity index (χ1) is 11.9. The van der Waals surface area contributed by atoms with Gasteiger partial charge in [0, 0.05) is 28.1 Å². The molecule has 0 spiro atoms. The molecule has 2 aliphatic heterocycles. The van der Waals surface area contributed by atoms with E-state index in [0.29, 0.717) is 17.2 Å². The highest BCUT2D eigenvalue weighted by atomic mass is 35.5. The Morgan fingerprint density at radius 3 is 2.56 bits per heavy atom. The number of carbonyl (C=O) groups is 1. The summed E-state index contributed by atoms with van der Waals surface area (Å²) in [5.74, 6) is 0.802. The van der Waals surface area contributed by atoms with E-state index >= 15 is 0 Å². The number of hydrogen-bond donors (Lipinski definition) is 1. The number of nitrogens with zero attached hydrogens (tertiary/aromatic N) is 1. The average molecular weight is 403 g/mol. The minimum Gasteiger partial charge on any atom is -0.351 e. The molecule has 0 aromatic heterocycles. The Hall–Kier alpha value is -0.760. The quantitative estimate of drug-likeness (QED) is 0.739. The smallest absolute Gasteiger partial charge is 0.221 e. The Labute approximate surface area is 158 Å². The minimum absolute atomic E-state index is 0.0598. The van der Waals surface area contributed by atoms with Gasteiger partial charge in [-0.2, -0.15) is 0 Å². The van der Waals surface area contributed by atoms with Crippen LogP contribution in [-0.4, -0.2) is 61.7 Å². The average Bonchev–Trinajstić information content (AvgIpc) is 3.17. The van der Waals surface area contributed by atoms with E-state index in [9.17, 15) is 13.2 Å². The largest absolute Gasteiger partial charge is 0.351 e. The summed E-state index contributed by atoms with van der Waals surface area (Å²) in [6.07, 6.45) is 2.58. The Balaban J connectivity index is 1.49. The van der Waals surface area contributed by atoms with Crippen LogP contribution in [0.2, 0.25) is 5.02 Å². The molecule has 138 valence electrons. The lowest BCUT2D eigenvalue weighted by atomic mass is 10.1. The third kappa shape index (κ3) is 5.36. The summed E-state index contributed by atoms with van der Waals surface area (Å²) < 4.78 is 24.0. The van der Waals surface area contributed by atoms with Gasteiger partial charge in [-0.25, -0.2) is 8.42 Å². The van der Waals surface area contributed by atoms with Crippen molar-refractivity contribution in [2.45, 2.75) is 36.2 Å². The zero-order valence-electron chi connectivity index (χ0n) is 14.0. The number of carbonyl (C=O) groups excluding carboxylic acids is 1. The molecule has 5 nitrogen and oxygen atoms in total. The van der Waals surface area contributed by atoms with Gasteiger partial charge in [0.05, 0.1) is 17.5 Å². The van der Waals surface area contributed by atoms with Crippen LogP contribution in [0.1, 0.15) is 19.3 Å². The van der Waals surface area contributed by atoms with Gasteiger partial charge >= 0.3 is 0 Å². The molecule has 0 radical (unpaired) electrons. The number of amides is 1. The van der Waals surface area contributed by atoms with Crippen LogP contribution in [0.3, 0.4) is 0 Å². The Bertz CT molecular complexity index is 703. The van der Waals surface area contributed by atoms with Gasteiger partial charge in [-0.15, -0.1) is 11.8 Å². The zero-order chi connectivity index (χ0) is 17.9. The summed E-state index contributed by atoms with van der Waals surface area (Å²) >= 11 is 7.45. The molecule has 2 saturated heterocycles. The van der Waals surface area contributed by atoms with E-state index in [1.807, 2.05) is 24.3 Å². The molecule has 1 amide bonds. The van der Waals surface area contributed by atoms with E-state index < -0.39 is 9.84 Å². The molecule has 2 fully saturated rings. The number of benzene rings is 1. The molecule has 1 aromatic carbocycles. The van der Waals surface area contributed by atoms with Crippen LogP contribution in [0.4, 0.5) is 0 Å². The number of hydrogen-bond acceptors (Lipinski definition) is 5. The van der Waals surface area contributed by atoms with Gasteiger partial charge < -0.3 is 5.32 Å². The maximum absolute atomic E-state index is 12.3. The molecular formula is C17H23ClN2O3S2. The molecule has 1 N–H and O–H groups in total. The van der Waals surface area contributed by atoms with Gasteiger partial charge in [0.1, 0.15) is 0 Å². The Kier molecular flexibility index (Phi) is 6.30. The van der Waals surface area contributed by atoms with Gasteiger partial charge in [-0.05, 0) is 50.2 Å². The van der Waals surface area contributed by atoms with Gasteiger partial charge in [-0.3, -0.25) is 9.69 Å². The van der Waals surface area contributed by atoms with Crippen molar-refractivity contribution in [3.8, 4) is 0 Å². The first kappa shape index (κ1) is 19.0. The predicted molar refractivity (Wildman–Crippen MR) is 102 cm³/mol. The topological polar surface area (TPSA) is 66.5 Å². The number of likely N-dealkylation sites (tertiary alicyclic amines) is 1. The molecule has 8 heteroatoms. The van der Waals surface area contributed by atoms with E-state index in [-0.39, 0.29) is 29.5 Å². The van der Waals surface area contributed by atoms with E-state index in [1.165, 1.54) is 0 Å². The summed E-state index contributed by atoms with van der Waals surface area (Å²) in [6.45, 7) is 1.86. The van der Waals surface area contributed by atoms with Gasteiger partial charge in [0.2, 0.25) is 5.91 Å². The molecule has 25 heavy (non-hydrogen) atoms. The summed E-state index contributed by atoms with van der Waals surface area (Å²) in [6, 6.07) is 7.16. The molecule has 2 aliphatic rings. The second-order valence-corrected chi connectivity index (χ2v) is 10.4. The molecule has 0 aliphatic carbocycles. The third-order valence-corrected chi connectivity index (χ3v) is 7.67. The number of sulfone groups is 1. The first-order valence-electron chi connectivity index (χ1n) is 8.55. The molecular weight excluding hydrogens is 380 g/mol. The molecule has 2 unspecified atom stereocenters. The van der Waals surface area contributed by atoms with Crippen molar-refractivity contribution in [2.24, 2.45) is 0 Å². The van der Waals surface area contributed by atoms with Crippen LogP contribution in [0, 0.1) is 0 Å². The highest BCUT2D eigenvalue weighted by molar-refractivity contribution is 7.99. The monoisotopic (exact) mass is 402 g/mol. The second kappa shape index (κ2) is 8.29. The standard InChI is InChI=1S/C17H23ClN2O3S2/c18-13-3-5-14(6-4-13)24-10-7-17(21)19-15-11-25(22,23)12-16(15)20-8-1-2-9-20/h3-6,15-16H,1-2,7-12H2,(H,19,21). The number of halogens is 1. The lowest BCUT2D eigenvalue weighted by Crippen LogP contribution is -2.50. The van der Waals surface area contributed by atoms with E-state index in [4.69, 9.17) is 11.6 Å². The SMILES string of the molecule is O=C(CCSc1ccc(Cl)cc1)NC1CS(=O)(=O)CC1N1CCCC1. The summed E-state index contributed by atoms with van der Waals surface area (Å²) in [5.41, 5.74) is 0. The van der Waals surface area contributed by atoms with Gasteiger partial charge in [0.15, 0.2) is 9.84 Å². The van der Waals surface area contributed by atoms with Crippen LogP contribution >= 0.6 is 23.4 Å². The zero-order valence-corrected chi connectivity index (χ0v) is 16.4. The molecule has 3 rings (SSSR count). The fraction of sp³-hybridized carbons (Fsp3) is 0.588. The molecule has 1 aromatic rings. The fourth-order valence-corrected chi connectivity index (χ4v) is 6.40. The summed E-state index contributed by atoms with van der Waals surface area (Å²) in [5, 5.41) is 3.65. The van der Waals surface area contributed by atoms with Gasteiger partial charge in [0.25, 0.3) is 0 Å². The maximum atomic E-state index is 12.3. The van der Waals surface area contributed by atoms with Crippen LogP contribution in [-0.2, 0) is 14.6 Å². The molecule has 0 bridgehead atoms. The predicted octanol–water partition coefficient (Wildman–Crippen LogP) is 2.20. The summed E-state index contributed by atoms with van der Waals surface area (Å²) in [4.78, 5) is 15.5. The van der Waals surface area contributed by atoms with E-state index in [1.54, 1.807) is 11.8 Å². The van der Waals surface area contributed by atoms with Crippen molar-refractivity contribution in [2.75, 3.05) is 30.3 Å². The normalized spacial score (nSPS) is 26.0. The van der Waals surface area contributed by atoms with Crippen LogP contribution < -0.4 is 5.32 Å². The van der Waals surface area contributed by atoms with E-state index in [2.05, 4.69) is 10.2 Å². The van der Waals surface area contributed by atoms with Crippen LogP contribution in [0.5, 0.6) is 0 Å². The fourth-order valence-electron chi connectivity index (χ4n) is 3.47. The highest BCUT2D eigenvalue weighted by Gasteiger charge is 2.42. The van der Waals surface area contributed by atoms with Crippen molar-refractivity contribution >= 4 is 39.1 Å². The lowest BCUT2D eigenvalue weighted by molar-refractivity contribution is -0.121. The maximum Gasteiger partial charge on any atom is 0.221 e. The number of rotatable bonds is 6. The van der Waals surface area contributed by atoms with Crippen molar-refractivity contribution in [3.63, 3.8) is 0 Å². The second-order valence-electron chi connectivity index (χ2n) is 6.61. The Morgan fingerprint density at radius 2 is 1.88 bits per heavy atom. The van der Waals surface area contributed by atoms with Crippen LogP contribution in [0.25, 0.3) is 0 Å². The van der Waals surface area contributed by atoms with Crippen molar-refractivity contribution < 1.29 is 13.2 Å². The third-order valence-electron chi connectivity index (χ3n) is 4.69. The van der Waals surface area contributed by atoms with Crippen LogP contribution in [0.15, 0.2) is 29.2 Å². The van der Waals surface area contributed by atoms with Crippen molar-refractivity contribution in [1.82, 2.24) is 10.2 Å². The lowest BCUT2D eigenvalue weighted by Gasteiger charge is -2.28. The molecule has 2 heterocycles. The van der Waals surface area contributed by atoms with E-state index in [0.717, 1.165) is 30.8 Å². The first-order valence-corrected chi connectivity index (χ1v) is 11.7.